The Labute approximate surface area is 214 Å². The third kappa shape index (κ3) is 6.59. The number of aliphatic hydroxyl groups excluding tert-OH is 1. The number of carbonyl (C=O) groups excluding carboxylic acids is 2. The Hall–Kier alpha value is -3.60. The van der Waals surface area contributed by atoms with Gasteiger partial charge in [0.05, 0.1) is 12.8 Å². The Bertz CT molecular complexity index is 1180. The Morgan fingerprint density at radius 3 is 2.68 bits per heavy atom. The fraction of sp³-hybridized carbons (Fsp3) is 0.500. The first-order valence-corrected chi connectivity index (χ1v) is 12.4. The predicted molar refractivity (Wildman–Crippen MR) is 132 cm³/mol. The van der Waals surface area contributed by atoms with Crippen molar-refractivity contribution in [2.75, 3.05) is 7.11 Å². The third-order valence-corrected chi connectivity index (χ3v) is 6.75. The van der Waals surface area contributed by atoms with Crippen molar-refractivity contribution in [2.45, 2.75) is 70.7 Å². The number of nitrogens with one attached hydrogen (secondary N) is 2. The van der Waals surface area contributed by atoms with Crippen LogP contribution in [0.3, 0.4) is 0 Å². The van der Waals surface area contributed by atoms with Crippen LogP contribution in [0.5, 0.6) is 5.75 Å². The fourth-order valence-corrected chi connectivity index (χ4v) is 4.68. The number of halogens is 1. The van der Waals surface area contributed by atoms with Crippen molar-refractivity contribution in [3.05, 3.63) is 52.9 Å². The van der Waals surface area contributed by atoms with Gasteiger partial charge in [0.2, 0.25) is 5.91 Å². The van der Waals surface area contributed by atoms with Gasteiger partial charge in [-0.3, -0.25) is 9.59 Å². The standard InChI is InChI=1S/C26H32FN5O5/c1-14(33)25(34)31-18-7-5-17(6-8-18)23-12-21(32-37-23)20-11-22(30-15(2)29-20)26(35)28-13-16-4-9-19(27)24(10-16)36-3/h4,9-11,14,17-18,23,33H,5-8,12-13H2,1-3H3,(H,28,35)(H,31,34)/t14-,17?,18?,23?/m0/s1. The van der Waals surface area contributed by atoms with Crippen LogP contribution in [0.15, 0.2) is 29.4 Å². The second kappa shape index (κ2) is 11.6. The van der Waals surface area contributed by atoms with E-state index < -0.39 is 11.9 Å². The molecule has 0 saturated heterocycles. The van der Waals surface area contributed by atoms with Crippen molar-refractivity contribution in [1.82, 2.24) is 20.6 Å². The maximum atomic E-state index is 13.6. The van der Waals surface area contributed by atoms with Gasteiger partial charge >= 0.3 is 0 Å². The summed E-state index contributed by atoms with van der Waals surface area (Å²) in [6, 6.07) is 6.06. The fourth-order valence-electron chi connectivity index (χ4n) is 4.68. The molecule has 11 heteroatoms. The van der Waals surface area contributed by atoms with Gasteiger partial charge in [-0.2, -0.15) is 0 Å². The van der Waals surface area contributed by atoms with E-state index in [0.717, 1.165) is 25.7 Å². The smallest absolute Gasteiger partial charge is 0.270 e. The second-order valence-corrected chi connectivity index (χ2v) is 9.52. The maximum Gasteiger partial charge on any atom is 0.270 e. The summed E-state index contributed by atoms with van der Waals surface area (Å²) in [5, 5.41) is 19.3. The van der Waals surface area contributed by atoms with Crippen molar-refractivity contribution < 1.29 is 28.7 Å². The van der Waals surface area contributed by atoms with E-state index in [-0.39, 0.29) is 41.9 Å². The molecule has 2 heterocycles. The lowest BCUT2D eigenvalue weighted by Gasteiger charge is -2.31. The van der Waals surface area contributed by atoms with Gasteiger partial charge in [0, 0.05) is 19.0 Å². The van der Waals surface area contributed by atoms with Gasteiger partial charge in [0.1, 0.15) is 29.4 Å². The first kappa shape index (κ1) is 26.5. The summed E-state index contributed by atoms with van der Waals surface area (Å²) >= 11 is 0. The molecule has 37 heavy (non-hydrogen) atoms. The van der Waals surface area contributed by atoms with Crippen LogP contribution in [0.1, 0.15) is 66.6 Å². The van der Waals surface area contributed by atoms with E-state index in [4.69, 9.17) is 9.57 Å². The molecular weight excluding hydrogens is 481 g/mol. The number of aliphatic hydroxyl groups is 1. The lowest BCUT2D eigenvalue weighted by atomic mass is 9.81. The molecule has 2 amide bonds. The normalized spacial score (nSPS) is 22.0. The Balaban J connectivity index is 1.33. The number of rotatable bonds is 8. The minimum Gasteiger partial charge on any atom is -0.494 e. The number of aromatic nitrogens is 2. The molecule has 1 aliphatic heterocycles. The quantitative estimate of drug-likeness (QED) is 0.493. The molecular formula is C26H32FN5O5. The SMILES string of the molecule is COc1cc(CNC(=O)c2cc(C3=NOC(C4CCC(NC(=O)[C@H](C)O)CC4)C3)nc(C)n2)ccc1F. The van der Waals surface area contributed by atoms with E-state index in [9.17, 15) is 19.1 Å². The van der Waals surface area contributed by atoms with Crippen LogP contribution in [0, 0.1) is 18.7 Å². The van der Waals surface area contributed by atoms with Crippen LogP contribution in [0.2, 0.25) is 0 Å². The summed E-state index contributed by atoms with van der Waals surface area (Å²) < 4.78 is 18.6. The monoisotopic (exact) mass is 513 g/mol. The topological polar surface area (TPSA) is 135 Å². The number of hydrogen-bond donors (Lipinski definition) is 3. The van der Waals surface area contributed by atoms with Crippen LogP contribution >= 0.6 is 0 Å². The predicted octanol–water partition coefficient (Wildman–Crippen LogP) is 2.41. The number of ether oxygens (including phenoxy) is 1. The zero-order valence-corrected chi connectivity index (χ0v) is 21.2. The second-order valence-electron chi connectivity index (χ2n) is 9.52. The van der Waals surface area contributed by atoms with Gasteiger partial charge in [-0.15, -0.1) is 0 Å². The molecule has 1 aromatic heterocycles. The Kier molecular flexibility index (Phi) is 8.32. The molecule has 2 aromatic rings. The number of benzene rings is 1. The molecule has 2 aliphatic rings. The van der Waals surface area contributed by atoms with Crippen molar-refractivity contribution in [3.63, 3.8) is 0 Å². The average molecular weight is 514 g/mol. The largest absolute Gasteiger partial charge is 0.494 e. The first-order valence-electron chi connectivity index (χ1n) is 12.4. The summed E-state index contributed by atoms with van der Waals surface area (Å²) in [5.74, 6) is -0.362. The molecule has 1 aromatic carbocycles. The maximum absolute atomic E-state index is 13.6. The number of nitrogens with zero attached hydrogens (tertiary/aromatic N) is 3. The van der Waals surface area contributed by atoms with Gasteiger partial charge in [-0.05, 0) is 69.2 Å². The minimum absolute atomic E-state index is 0.0572. The molecule has 0 radical (unpaired) electrons. The van der Waals surface area contributed by atoms with Gasteiger partial charge in [0.25, 0.3) is 5.91 Å². The van der Waals surface area contributed by atoms with E-state index in [0.29, 0.717) is 35.1 Å². The number of oxime groups is 1. The van der Waals surface area contributed by atoms with Gasteiger partial charge in [-0.1, -0.05) is 11.2 Å². The van der Waals surface area contributed by atoms with E-state index in [1.807, 2.05) is 0 Å². The number of carbonyl (C=O) groups is 2. The third-order valence-electron chi connectivity index (χ3n) is 6.75. The van der Waals surface area contributed by atoms with Crippen LogP contribution in [-0.2, 0) is 16.2 Å². The molecule has 2 atom stereocenters. The van der Waals surface area contributed by atoms with E-state index in [1.165, 1.54) is 26.2 Å². The molecule has 1 fully saturated rings. The average Bonchev–Trinajstić information content (AvgIpc) is 3.38. The summed E-state index contributed by atoms with van der Waals surface area (Å²) in [6.45, 7) is 3.35. The Morgan fingerprint density at radius 1 is 1.22 bits per heavy atom. The van der Waals surface area contributed by atoms with Crippen LogP contribution in [0.25, 0.3) is 0 Å². The van der Waals surface area contributed by atoms with Gasteiger partial charge in [0.15, 0.2) is 11.6 Å². The van der Waals surface area contributed by atoms with Crippen LogP contribution < -0.4 is 15.4 Å². The van der Waals surface area contributed by atoms with Crippen LogP contribution in [-0.4, -0.2) is 58.0 Å². The Morgan fingerprint density at radius 2 is 1.97 bits per heavy atom. The highest BCUT2D eigenvalue weighted by Gasteiger charge is 2.34. The summed E-state index contributed by atoms with van der Waals surface area (Å²) in [7, 11) is 1.38. The summed E-state index contributed by atoms with van der Waals surface area (Å²) in [4.78, 5) is 39.0. The molecule has 0 spiro atoms. The highest BCUT2D eigenvalue weighted by atomic mass is 19.1. The molecule has 4 rings (SSSR count). The molecule has 10 nitrogen and oxygen atoms in total. The minimum atomic E-state index is -1.01. The van der Waals surface area contributed by atoms with Gasteiger partial charge < -0.3 is 25.3 Å². The summed E-state index contributed by atoms with van der Waals surface area (Å²) in [5.41, 5.74) is 2.10. The zero-order valence-electron chi connectivity index (χ0n) is 21.2. The summed E-state index contributed by atoms with van der Waals surface area (Å²) in [6.07, 6.45) is 2.85. The van der Waals surface area contributed by atoms with Crippen molar-refractivity contribution in [1.29, 1.82) is 0 Å². The van der Waals surface area contributed by atoms with E-state index >= 15 is 0 Å². The van der Waals surface area contributed by atoms with Crippen LogP contribution in [0.4, 0.5) is 4.39 Å². The highest BCUT2D eigenvalue weighted by Crippen LogP contribution is 2.33. The molecule has 198 valence electrons. The molecule has 3 N–H and O–H groups in total. The zero-order chi connectivity index (χ0) is 26.5. The molecule has 1 saturated carbocycles. The molecule has 0 bridgehead atoms. The van der Waals surface area contributed by atoms with E-state index in [2.05, 4.69) is 25.8 Å². The highest BCUT2D eigenvalue weighted by molar-refractivity contribution is 6.01. The van der Waals surface area contributed by atoms with Crippen molar-refractivity contribution >= 4 is 17.5 Å². The number of amides is 2. The number of methoxy groups -OCH3 is 1. The molecule has 1 aliphatic carbocycles. The van der Waals surface area contributed by atoms with Crippen molar-refractivity contribution in [2.24, 2.45) is 11.1 Å². The first-order chi connectivity index (χ1) is 17.7. The molecule has 1 unspecified atom stereocenters. The number of aryl methyl sites for hydroxylation is 1. The lowest BCUT2D eigenvalue weighted by molar-refractivity contribution is -0.129. The van der Waals surface area contributed by atoms with Crippen molar-refractivity contribution in [3.8, 4) is 5.75 Å². The number of hydrogen-bond acceptors (Lipinski definition) is 8. The van der Waals surface area contributed by atoms with E-state index in [1.54, 1.807) is 19.1 Å². The van der Waals surface area contributed by atoms with Gasteiger partial charge in [-0.25, -0.2) is 14.4 Å². The lowest BCUT2D eigenvalue weighted by Crippen LogP contribution is -2.43.